The van der Waals surface area contributed by atoms with Gasteiger partial charge in [-0.15, -0.1) is 0 Å². The quantitative estimate of drug-likeness (QED) is 0.827. The zero-order valence-corrected chi connectivity index (χ0v) is 10.7. The molecule has 1 aliphatic rings. The van der Waals surface area contributed by atoms with Gasteiger partial charge < -0.3 is 10.0 Å². The molecule has 1 aromatic heterocycles. The molecular weight excluding hydrogens is 228 g/mol. The van der Waals surface area contributed by atoms with Crippen LogP contribution in [0.4, 0.5) is 0 Å². The summed E-state index contributed by atoms with van der Waals surface area (Å²) in [5.74, 6) is 0.148. The number of hydrogen-bond acceptors (Lipinski definition) is 3. The van der Waals surface area contributed by atoms with Crippen molar-refractivity contribution in [2.24, 2.45) is 0 Å². The van der Waals surface area contributed by atoms with Gasteiger partial charge in [0.1, 0.15) is 0 Å². The maximum atomic E-state index is 12.1. The van der Waals surface area contributed by atoms with Gasteiger partial charge in [-0.1, -0.05) is 0 Å². The summed E-state index contributed by atoms with van der Waals surface area (Å²) in [4.78, 5) is 17.9. The first-order valence-electron chi connectivity index (χ1n) is 6.53. The number of rotatable bonds is 6. The molecule has 1 fully saturated rings. The molecule has 1 heterocycles. The first kappa shape index (κ1) is 13.0. The van der Waals surface area contributed by atoms with Crippen LogP contribution in [-0.2, 0) is 11.2 Å². The number of aryl methyl sites for hydroxylation is 1. The molecule has 1 aliphatic carbocycles. The largest absolute Gasteiger partial charge is 0.392 e. The molecule has 1 saturated carbocycles. The van der Waals surface area contributed by atoms with E-state index in [1.807, 2.05) is 17.0 Å². The lowest BCUT2D eigenvalue weighted by molar-refractivity contribution is -0.133. The van der Waals surface area contributed by atoms with Gasteiger partial charge in [0.15, 0.2) is 0 Å². The van der Waals surface area contributed by atoms with E-state index < -0.39 is 6.10 Å². The highest BCUT2D eigenvalue weighted by molar-refractivity contribution is 5.77. The maximum Gasteiger partial charge on any atom is 0.223 e. The lowest BCUT2D eigenvalue weighted by atomic mass is 10.1. The average Bonchev–Trinajstić information content (AvgIpc) is 3.18. The predicted octanol–water partition coefficient (Wildman–Crippen LogP) is 1.39. The molecule has 0 bridgehead atoms. The van der Waals surface area contributed by atoms with E-state index in [-0.39, 0.29) is 5.91 Å². The number of nitrogens with zero attached hydrogens (tertiary/aromatic N) is 2. The number of pyridine rings is 1. The van der Waals surface area contributed by atoms with Gasteiger partial charge in [0.25, 0.3) is 0 Å². The number of hydrogen-bond donors (Lipinski definition) is 1. The molecule has 1 N–H and O–H groups in total. The molecule has 1 aromatic rings. The van der Waals surface area contributed by atoms with E-state index in [0.29, 0.717) is 19.0 Å². The molecule has 0 saturated heterocycles. The number of amides is 1. The van der Waals surface area contributed by atoms with Crippen molar-refractivity contribution >= 4 is 5.91 Å². The summed E-state index contributed by atoms with van der Waals surface area (Å²) >= 11 is 0. The van der Waals surface area contributed by atoms with Gasteiger partial charge in [0.05, 0.1) is 6.10 Å². The SMILES string of the molecule is CC(O)CN(C(=O)CCc1ccncc1)C1CC1. The van der Waals surface area contributed by atoms with Crippen LogP contribution >= 0.6 is 0 Å². The van der Waals surface area contributed by atoms with Gasteiger partial charge in [0.2, 0.25) is 5.91 Å². The summed E-state index contributed by atoms with van der Waals surface area (Å²) in [6.45, 7) is 2.19. The van der Waals surface area contributed by atoms with Crippen LogP contribution in [-0.4, -0.2) is 39.6 Å². The fourth-order valence-electron chi connectivity index (χ4n) is 2.07. The van der Waals surface area contributed by atoms with Crippen LogP contribution in [0.1, 0.15) is 31.7 Å². The topological polar surface area (TPSA) is 53.4 Å². The molecule has 1 atom stereocenters. The monoisotopic (exact) mass is 248 g/mol. The molecule has 98 valence electrons. The smallest absolute Gasteiger partial charge is 0.223 e. The van der Waals surface area contributed by atoms with Gasteiger partial charge in [-0.2, -0.15) is 0 Å². The fourth-order valence-corrected chi connectivity index (χ4v) is 2.07. The predicted molar refractivity (Wildman–Crippen MR) is 69.0 cm³/mol. The third-order valence-electron chi connectivity index (χ3n) is 3.15. The van der Waals surface area contributed by atoms with Crippen LogP contribution in [0.5, 0.6) is 0 Å². The number of aliphatic hydroxyl groups is 1. The average molecular weight is 248 g/mol. The molecule has 18 heavy (non-hydrogen) atoms. The van der Waals surface area contributed by atoms with Crippen molar-refractivity contribution in [1.29, 1.82) is 0 Å². The van der Waals surface area contributed by atoms with E-state index in [2.05, 4.69) is 4.98 Å². The standard InChI is InChI=1S/C14H20N2O2/c1-11(17)10-16(13-3-4-13)14(18)5-2-12-6-8-15-9-7-12/h6-9,11,13,17H,2-5,10H2,1H3. The molecule has 4 nitrogen and oxygen atoms in total. The molecule has 1 unspecified atom stereocenters. The van der Waals surface area contributed by atoms with Crippen LogP contribution < -0.4 is 0 Å². The Morgan fingerprint density at radius 2 is 2.17 bits per heavy atom. The second kappa shape index (κ2) is 5.96. The van der Waals surface area contributed by atoms with E-state index in [1.165, 1.54) is 0 Å². The summed E-state index contributed by atoms with van der Waals surface area (Å²) < 4.78 is 0. The number of aliphatic hydroxyl groups excluding tert-OH is 1. The summed E-state index contributed by atoms with van der Waals surface area (Å²) in [7, 11) is 0. The minimum absolute atomic E-state index is 0.148. The van der Waals surface area contributed by atoms with Gasteiger partial charge in [0, 0.05) is 31.4 Å². The van der Waals surface area contributed by atoms with Crippen LogP contribution in [0.3, 0.4) is 0 Å². The van der Waals surface area contributed by atoms with E-state index in [0.717, 1.165) is 24.8 Å². The molecule has 0 spiro atoms. The van der Waals surface area contributed by atoms with Crippen LogP contribution in [0.25, 0.3) is 0 Å². The van der Waals surface area contributed by atoms with Crippen molar-refractivity contribution in [2.75, 3.05) is 6.54 Å². The molecule has 0 aliphatic heterocycles. The van der Waals surface area contributed by atoms with E-state index in [4.69, 9.17) is 0 Å². The first-order chi connectivity index (χ1) is 8.66. The Balaban J connectivity index is 1.85. The minimum Gasteiger partial charge on any atom is -0.392 e. The Hall–Kier alpha value is -1.42. The van der Waals surface area contributed by atoms with Gasteiger partial charge in [-0.3, -0.25) is 9.78 Å². The molecule has 4 heteroatoms. The maximum absolute atomic E-state index is 12.1. The highest BCUT2D eigenvalue weighted by Gasteiger charge is 2.32. The number of carbonyl (C=O) groups is 1. The Kier molecular flexibility index (Phi) is 4.31. The second-order valence-electron chi connectivity index (χ2n) is 4.98. The highest BCUT2D eigenvalue weighted by atomic mass is 16.3. The van der Waals surface area contributed by atoms with Crippen molar-refractivity contribution in [1.82, 2.24) is 9.88 Å². The van der Waals surface area contributed by atoms with Crippen molar-refractivity contribution in [2.45, 2.75) is 44.8 Å². The van der Waals surface area contributed by atoms with Gasteiger partial charge >= 0.3 is 0 Å². The molecule has 1 amide bonds. The van der Waals surface area contributed by atoms with Crippen molar-refractivity contribution < 1.29 is 9.90 Å². The van der Waals surface area contributed by atoms with Crippen molar-refractivity contribution in [3.8, 4) is 0 Å². The summed E-state index contributed by atoms with van der Waals surface area (Å²) in [6.07, 6.45) is 6.44. The first-order valence-corrected chi connectivity index (χ1v) is 6.53. The highest BCUT2D eigenvalue weighted by Crippen LogP contribution is 2.27. The Morgan fingerprint density at radius 3 is 2.72 bits per heavy atom. The zero-order valence-electron chi connectivity index (χ0n) is 10.7. The minimum atomic E-state index is -0.449. The van der Waals surface area contributed by atoms with Gasteiger partial charge in [-0.05, 0) is 43.9 Å². The van der Waals surface area contributed by atoms with E-state index >= 15 is 0 Å². The summed E-state index contributed by atoms with van der Waals surface area (Å²) in [5.41, 5.74) is 1.13. The van der Waals surface area contributed by atoms with E-state index in [9.17, 15) is 9.90 Å². The molecule has 0 radical (unpaired) electrons. The fraction of sp³-hybridized carbons (Fsp3) is 0.571. The van der Waals surface area contributed by atoms with Crippen LogP contribution in [0.15, 0.2) is 24.5 Å². The molecular formula is C14H20N2O2. The second-order valence-corrected chi connectivity index (χ2v) is 4.98. The molecule has 0 aromatic carbocycles. The third kappa shape index (κ3) is 3.81. The number of carbonyl (C=O) groups excluding carboxylic acids is 1. The zero-order chi connectivity index (χ0) is 13.0. The molecule has 2 rings (SSSR count). The van der Waals surface area contributed by atoms with E-state index in [1.54, 1.807) is 19.3 Å². The lowest BCUT2D eigenvalue weighted by Crippen LogP contribution is -2.38. The van der Waals surface area contributed by atoms with Crippen LogP contribution in [0.2, 0.25) is 0 Å². The van der Waals surface area contributed by atoms with Crippen molar-refractivity contribution in [3.63, 3.8) is 0 Å². The number of aromatic nitrogens is 1. The summed E-state index contributed by atoms with van der Waals surface area (Å²) in [5, 5.41) is 9.43. The van der Waals surface area contributed by atoms with Crippen LogP contribution in [0, 0.1) is 0 Å². The third-order valence-corrected chi connectivity index (χ3v) is 3.15. The Labute approximate surface area is 108 Å². The summed E-state index contributed by atoms with van der Waals surface area (Å²) in [6, 6.07) is 4.23. The Bertz CT molecular complexity index is 388. The Morgan fingerprint density at radius 1 is 1.50 bits per heavy atom. The van der Waals surface area contributed by atoms with Crippen molar-refractivity contribution in [3.05, 3.63) is 30.1 Å². The van der Waals surface area contributed by atoms with Gasteiger partial charge in [-0.25, -0.2) is 0 Å². The normalized spacial score (nSPS) is 16.3. The lowest BCUT2D eigenvalue weighted by Gasteiger charge is -2.23.